The Morgan fingerprint density at radius 2 is 2.22 bits per heavy atom. The van der Waals surface area contributed by atoms with E-state index in [4.69, 9.17) is 4.74 Å². The molecule has 5 heteroatoms. The molecule has 2 rings (SSSR count). The summed E-state index contributed by atoms with van der Waals surface area (Å²) in [5.74, 6) is 1.74. The van der Waals surface area contributed by atoms with E-state index in [1.165, 1.54) is 5.56 Å². The van der Waals surface area contributed by atoms with Crippen molar-refractivity contribution in [3.63, 3.8) is 0 Å². The summed E-state index contributed by atoms with van der Waals surface area (Å²) in [6.45, 7) is 5.35. The summed E-state index contributed by atoms with van der Waals surface area (Å²) in [5, 5.41) is 4.90. The smallest absolute Gasteiger partial charge is 0.164 e. The molecule has 0 amide bonds. The average Bonchev–Trinajstić information content (AvgIpc) is 2.84. The molecule has 0 unspecified atom stereocenters. The predicted molar refractivity (Wildman–Crippen MR) is 73.8 cm³/mol. The summed E-state index contributed by atoms with van der Waals surface area (Å²) in [7, 11) is 0. The van der Waals surface area contributed by atoms with Gasteiger partial charge in [0.25, 0.3) is 0 Å². The average molecular weight is 310 g/mol. The van der Waals surface area contributed by atoms with Crippen molar-refractivity contribution < 1.29 is 4.74 Å². The number of hydrogen-bond donors (Lipinski definition) is 0. The Hall–Kier alpha value is -1.36. The van der Waals surface area contributed by atoms with Crippen LogP contribution in [0.25, 0.3) is 0 Å². The molecule has 0 atom stereocenters. The summed E-state index contributed by atoms with van der Waals surface area (Å²) in [6.07, 6.45) is 1.56. The van der Waals surface area contributed by atoms with Crippen LogP contribution < -0.4 is 4.74 Å². The van der Waals surface area contributed by atoms with Crippen LogP contribution in [0.15, 0.2) is 24.5 Å². The minimum atomic E-state index is 0.441. The maximum Gasteiger partial charge on any atom is 0.164 e. The SMILES string of the molecule is CCn1ncnc1COc1ccc(C)cc1CBr. The normalized spacial score (nSPS) is 10.6. The van der Waals surface area contributed by atoms with E-state index in [0.717, 1.165) is 29.0 Å². The summed E-state index contributed by atoms with van der Waals surface area (Å²) >= 11 is 3.48. The lowest BCUT2D eigenvalue weighted by Gasteiger charge is -2.10. The van der Waals surface area contributed by atoms with Gasteiger partial charge in [0.15, 0.2) is 5.82 Å². The van der Waals surface area contributed by atoms with E-state index in [1.54, 1.807) is 6.33 Å². The van der Waals surface area contributed by atoms with E-state index in [1.807, 2.05) is 23.7 Å². The highest BCUT2D eigenvalue weighted by Gasteiger charge is 2.06. The summed E-state index contributed by atoms with van der Waals surface area (Å²) in [6, 6.07) is 6.17. The molecule has 1 aromatic carbocycles. The van der Waals surface area contributed by atoms with E-state index in [9.17, 15) is 0 Å². The van der Waals surface area contributed by atoms with Gasteiger partial charge in [-0.05, 0) is 19.9 Å². The number of benzene rings is 1. The van der Waals surface area contributed by atoms with E-state index >= 15 is 0 Å². The highest BCUT2D eigenvalue weighted by atomic mass is 79.9. The van der Waals surface area contributed by atoms with Gasteiger partial charge in [-0.1, -0.05) is 33.6 Å². The van der Waals surface area contributed by atoms with Gasteiger partial charge in [0, 0.05) is 17.4 Å². The van der Waals surface area contributed by atoms with Crippen molar-refractivity contribution in [1.29, 1.82) is 0 Å². The van der Waals surface area contributed by atoms with Crippen molar-refractivity contribution in [2.45, 2.75) is 32.3 Å². The first-order valence-corrected chi connectivity index (χ1v) is 7.01. The molecule has 2 aromatic rings. The van der Waals surface area contributed by atoms with Crippen LogP contribution in [0.3, 0.4) is 0 Å². The third kappa shape index (κ3) is 2.90. The van der Waals surface area contributed by atoms with Gasteiger partial charge in [0.1, 0.15) is 18.7 Å². The second-order valence-electron chi connectivity index (χ2n) is 4.03. The van der Waals surface area contributed by atoms with Gasteiger partial charge in [0.05, 0.1) is 0 Å². The van der Waals surface area contributed by atoms with Crippen molar-refractivity contribution >= 4 is 15.9 Å². The van der Waals surface area contributed by atoms with E-state index in [2.05, 4.69) is 39.0 Å². The quantitative estimate of drug-likeness (QED) is 0.797. The van der Waals surface area contributed by atoms with Gasteiger partial charge < -0.3 is 4.74 Å². The van der Waals surface area contributed by atoms with E-state index in [0.29, 0.717) is 6.61 Å². The fraction of sp³-hybridized carbons (Fsp3) is 0.385. The Balaban J connectivity index is 2.10. The Morgan fingerprint density at radius 1 is 1.39 bits per heavy atom. The predicted octanol–water partition coefficient (Wildman–Crippen LogP) is 3.08. The third-order valence-electron chi connectivity index (χ3n) is 2.71. The van der Waals surface area contributed by atoms with Crippen molar-refractivity contribution in [2.75, 3.05) is 0 Å². The molecule has 1 heterocycles. The molecule has 0 aliphatic heterocycles. The van der Waals surface area contributed by atoms with Gasteiger partial charge in [0.2, 0.25) is 0 Å². The van der Waals surface area contributed by atoms with Crippen LogP contribution in [0.5, 0.6) is 5.75 Å². The molecule has 0 bridgehead atoms. The molecule has 4 nitrogen and oxygen atoms in total. The molecule has 0 radical (unpaired) electrons. The Bertz CT molecular complexity index is 525. The minimum absolute atomic E-state index is 0.441. The van der Waals surface area contributed by atoms with Crippen LogP contribution in [0, 0.1) is 6.92 Å². The highest BCUT2D eigenvalue weighted by Crippen LogP contribution is 2.23. The van der Waals surface area contributed by atoms with E-state index < -0.39 is 0 Å². The molecule has 18 heavy (non-hydrogen) atoms. The van der Waals surface area contributed by atoms with Crippen molar-refractivity contribution in [3.05, 3.63) is 41.5 Å². The van der Waals surface area contributed by atoms with Crippen LogP contribution >= 0.6 is 15.9 Å². The number of alkyl halides is 1. The van der Waals surface area contributed by atoms with Gasteiger partial charge in [-0.25, -0.2) is 9.67 Å². The number of rotatable bonds is 5. The molecule has 0 aliphatic rings. The van der Waals surface area contributed by atoms with Crippen LogP contribution in [-0.4, -0.2) is 14.8 Å². The van der Waals surface area contributed by atoms with Crippen molar-refractivity contribution in [3.8, 4) is 5.75 Å². The lowest BCUT2D eigenvalue weighted by atomic mass is 10.1. The van der Waals surface area contributed by atoms with Gasteiger partial charge >= 0.3 is 0 Å². The summed E-state index contributed by atoms with van der Waals surface area (Å²) in [5.41, 5.74) is 2.38. The number of halogens is 1. The van der Waals surface area contributed by atoms with Crippen LogP contribution in [-0.2, 0) is 18.5 Å². The summed E-state index contributed by atoms with van der Waals surface area (Å²) in [4.78, 5) is 4.19. The molecule has 0 saturated carbocycles. The zero-order valence-electron chi connectivity index (χ0n) is 10.6. The number of ether oxygens (including phenoxy) is 1. The molecule has 0 N–H and O–H groups in total. The first kappa shape index (κ1) is 13.1. The van der Waals surface area contributed by atoms with Gasteiger partial charge in [-0.3, -0.25) is 0 Å². The molecule has 1 aromatic heterocycles. The zero-order valence-corrected chi connectivity index (χ0v) is 12.1. The fourth-order valence-corrected chi connectivity index (χ4v) is 2.20. The third-order valence-corrected chi connectivity index (χ3v) is 3.32. The van der Waals surface area contributed by atoms with Crippen LogP contribution in [0.1, 0.15) is 23.9 Å². The van der Waals surface area contributed by atoms with E-state index in [-0.39, 0.29) is 0 Å². The number of hydrogen-bond acceptors (Lipinski definition) is 3. The molecular formula is C13H16BrN3O. The van der Waals surface area contributed by atoms with Gasteiger partial charge in [-0.15, -0.1) is 0 Å². The second kappa shape index (κ2) is 6.00. The zero-order chi connectivity index (χ0) is 13.0. The molecule has 0 spiro atoms. The number of nitrogens with zero attached hydrogens (tertiary/aromatic N) is 3. The lowest BCUT2D eigenvalue weighted by Crippen LogP contribution is -2.07. The Morgan fingerprint density at radius 3 is 2.94 bits per heavy atom. The minimum Gasteiger partial charge on any atom is -0.485 e. The maximum absolute atomic E-state index is 5.82. The second-order valence-corrected chi connectivity index (χ2v) is 4.59. The number of aryl methyl sites for hydroxylation is 2. The van der Waals surface area contributed by atoms with Crippen molar-refractivity contribution in [1.82, 2.24) is 14.8 Å². The standard InChI is InChI=1S/C13H16BrN3O/c1-3-17-13(15-9-16-17)8-18-12-5-4-10(2)6-11(12)7-14/h4-6,9H,3,7-8H2,1-2H3. The Labute approximate surface area is 115 Å². The molecular weight excluding hydrogens is 294 g/mol. The maximum atomic E-state index is 5.82. The molecule has 0 fully saturated rings. The van der Waals surface area contributed by atoms with Gasteiger partial charge in [-0.2, -0.15) is 5.10 Å². The first-order valence-electron chi connectivity index (χ1n) is 5.89. The highest BCUT2D eigenvalue weighted by molar-refractivity contribution is 9.08. The van der Waals surface area contributed by atoms with Crippen LogP contribution in [0.2, 0.25) is 0 Å². The lowest BCUT2D eigenvalue weighted by molar-refractivity contribution is 0.285. The molecule has 96 valence electrons. The van der Waals surface area contributed by atoms with Crippen molar-refractivity contribution in [2.24, 2.45) is 0 Å². The first-order chi connectivity index (χ1) is 8.74. The summed E-state index contributed by atoms with van der Waals surface area (Å²) < 4.78 is 7.65. The monoisotopic (exact) mass is 309 g/mol. The molecule has 0 saturated heterocycles. The number of aromatic nitrogens is 3. The van der Waals surface area contributed by atoms with Crippen LogP contribution in [0.4, 0.5) is 0 Å². The largest absolute Gasteiger partial charge is 0.485 e. The topological polar surface area (TPSA) is 39.9 Å². The Kier molecular flexibility index (Phi) is 4.36. The fourth-order valence-electron chi connectivity index (χ4n) is 1.76. The molecule has 0 aliphatic carbocycles.